The summed E-state index contributed by atoms with van der Waals surface area (Å²) in [5.74, 6) is 0.383. The summed E-state index contributed by atoms with van der Waals surface area (Å²) in [6.45, 7) is 0. The van der Waals surface area contributed by atoms with Crippen molar-refractivity contribution < 1.29 is 0 Å². The molecule has 3 nitrogen and oxygen atoms in total. The lowest BCUT2D eigenvalue weighted by Crippen LogP contribution is -1.88. The van der Waals surface area contributed by atoms with Crippen LogP contribution in [-0.4, -0.2) is 9.97 Å². The Morgan fingerprint density at radius 3 is 3.15 bits per heavy atom. The first-order chi connectivity index (χ1) is 6.35. The Morgan fingerprint density at radius 1 is 1.62 bits per heavy atom. The van der Waals surface area contributed by atoms with Gasteiger partial charge in [0, 0.05) is 12.1 Å². The van der Waals surface area contributed by atoms with E-state index in [0.29, 0.717) is 11.6 Å². The minimum absolute atomic E-state index is 0.383. The van der Waals surface area contributed by atoms with E-state index < -0.39 is 0 Å². The smallest absolute Gasteiger partial charge is 0.141 e. The summed E-state index contributed by atoms with van der Waals surface area (Å²) < 4.78 is 0. The summed E-state index contributed by atoms with van der Waals surface area (Å²) in [6, 6.07) is 5.53. The van der Waals surface area contributed by atoms with E-state index >= 15 is 0 Å². The van der Waals surface area contributed by atoms with Gasteiger partial charge in [-0.2, -0.15) is 5.26 Å². The fraction of sp³-hybridized carbons (Fsp3) is 0.111. The van der Waals surface area contributed by atoms with Crippen LogP contribution < -0.4 is 0 Å². The van der Waals surface area contributed by atoms with Gasteiger partial charge in [0.25, 0.3) is 0 Å². The number of hydrogen-bond donors (Lipinski definition) is 1. The van der Waals surface area contributed by atoms with E-state index in [1.165, 1.54) is 0 Å². The number of rotatable bonds is 1. The Bertz CT molecular complexity index is 481. The zero-order valence-electron chi connectivity index (χ0n) is 6.71. The highest BCUT2D eigenvalue weighted by molar-refractivity contribution is 6.17. The van der Waals surface area contributed by atoms with Gasteiger partial charge in [0.05, 0.1) is 11.0 Å². The van der Waals surface area contributed by atoms with Crippen LogP contribution in [0.1, 0.15) is 11.3 Å². The molecule has 2 rings (SSSR count). The summed E-state index contributed by atoms with van der Waals surface area (Å²) in [7, 11) is 0. The molecule has 0 aliphatic heterocycles. The van der Waals surface area contributed by atoms with E-state index in [4.69, 9.17) is 16.9 Å². The second-order valence-electron chi connectivity index (χ2n) is 2.65. The first-order valence-electron chi connectivity index (χ1n) is 3.78. The van der Waals surface area contributed by atoms with Gasteiger partial charge < -0.3 is 4.98 Å². The Hall–Kier alpha value is -1.53. The van der Waals surface area contributed by atoms with Crippen LogP contribution in [0.3, 0.4) is 0 Å². The van der Waals surface area contributed by atoms with Gasteiger partial charge in [-0.05, 0) is 17.7 Å². The first kappa shape index (κ1) is 8.09. The van der Waals surface area contributed by atoms with Crippen LogP contribution in [-0.2, 0) is 5.88 Å². The molecule has 0 amide bonds. The van der Waals surface area contributed by atoms with E-state index in [-0.39, 0.29) is 0 Å². The van der Waals surface area contributed by atoms with Gasteiger partial charge >= 0.3 is 0 Å². The average molecular weight is 192 g/mol. The highest BCUT2D eigenvalue weighted by Gasteiger charge is 2.04. The Morgan fingerprint density at radius 2 is 2.46 bits per heavy atom. The van der Waals surface area contributed by atoms with Crippen molar-refractivity contribution in [2.75, 3.05) is 0 Å². The van der Waals surface area contributed by atoms with Crippen molar-refractivity contribution in [2.45, 2.75) is 5.88 Å². The van der Waals surface area contributed by atoms with Crippen LogP contribution in [0.15, 0.2) is 18.3 Å². The van der Waals surface area contributed by atoms with Crippen LogP contribution in [0.2, 0.25) is 0 Å². The molecule has 0 spiro atoms. The number of aromatic amines is 1. The zero-order valence-corrected chi connectivity index (χ0v) is 7.47. The molecule has 4 heteroatoms. The van der Waals surface area contributed by atoms with Gasteiger partial charge in [-0.1, -0.05) is 0 Å². The lowest BCUT2D eigenvalue weighted by atomic mass is 10.2. The monoisotopic (exact) mass is 191 g/mol. The highest BCUT2D eigenvalue weighted by atomic mass is 35.5. The normalized spacial score (nSPS) is 10.2. The molecule has 2 heterocycles. The number of H-pyrrole nitrogens is 1. The van der Waals surface area contributed by atoms with Gasteiger partial charge in [-0.25, -0.2) is 4.98 Å². The second-order valence-corrected chi connectivity index (χ2v) is 2.92. The van der Waals surface area contributed by atoms with Crippen LogP contribution in [0, 0.1) is 11.3 Å². The number of pyridine rings is 1. The van der Waals surface area contributed by atoms with E-state index in [1.54, 1.807) is 12.3 Å². The molecular formula is C9H6ClN3. The van der Waals surface area contributed by atoms with Gasteiger partial charge in [0.2, 0.25) is 0 Å². The minimum Gasteiger partial charge on any atom is -0.360 e. The van der Waals surface area contributed by atoms with Crippen LogP contribution in [0.4, 0.5) is 0 Å². The van der Waals surface area contributed by atoms with Crippen molar-refractivity contribution in [3.05, 3.63) is 29.6 Å². The summed E-state index contributed by atoms with van der Waals surface area (Å²) in [5.41, 5.74) is 3.01. The Balaban J connectivity index is 2.79. The summed E-state index contributed by atoms with van der Waals surface area (Å²) >= 11 is 5.73. The molecule has 0 aliphatic rings. The van der Waals surface area contributed by atoms with E-state index in [2.05, 4.69) is 9.97 Å². The summed E-state index contributed by atoms with van der Waals surface area (Å²) in [6.07, 6.45) is 1.79. The maximum absolute atomic E-state index is 8.69. The molecule has 13 heavy (non-hydrogen) atoms. The highest BCUT2D eigenvalue weighted by Crippen LogP contribution is 2.17. The van der Waals surface area contributed by atoms with Crippen molar-refractivity contribution in [1.29, 1.82) is 5.26 Å². The van der Waals surface area contributed by atoms with Crippen molar-refractivity contribution in [2.24, 2.45) is 0 Å². The molecule has 64 valence electrons. The number of halogens is 1. The van der Waals surface area contributed by atoms with Crippen molar-refractivity contribution in [3.63, 3.8) is 0 Å². The number of hydrogen-bond acceptors (Lipinski definition) is 2. The fourth-order valence-corrected chi connectivity index (χ4v) is 1.48. The molecule has 0 fully saturated rings. The van der Waals surface area contributed by atoms with Gasteiger partial charge in [0.15, 0.2) is 0 Å². The number of nitrogens with zero attached hydrogens (tertiary/aromatic N) is 2. The molecule has 0 radical (unpaired) electrons. The molecule has 0 aliphatic carbocycles. The third-order valence-electron chi connectivity index (χ3n) is 1.86. The molecule has 2 aromatic rings. The first-order valence-corrected chi connectivity index (χ1v) is 4.31. The number of aromatic nitrogens is 2. The van der Waals surface area contributed by atoms with Crippen molar-refractivity contribution in [3.8, 4) is 6.07 Å². The largest absolute Gasteiger partial charge is 0.360 e. The van der Waals surface area contributed by atoms with E-state index in [0.717, 1.165) is 16.6 Å². The van der Waals surface area contributed by atoms with Crippen molar-refractivity contribution >= 4 is 22.6 Å². The standard InChI is InChI=1S/C9H6ClN3/c10-4-6-3-7(5-11)13-8-1-2-12-9(6)8/h1-3,12H,4H2. The predicted octanol–water partition coefficient (Wildman–Crippen LogP) is 2.17. The summed E-state index contributed by atoms with van der Waals surface area (Å²) in [4.78, 5) is 7.15. The third-order valence-corrected chi connectivity index (χ3v) is 2.14. The molecule has 0 aromatic carbocycles. The number of nitriles is 1. The number of alkyl halides is 1. The molecule has 2 aromatic heterocycles. The molecule has 0 saturated heterocycles. The topological polar surface area (TPSA) is 52.5 Å². The maximum Gasteiger partial charge on any atom is 0.141 e. The zero-order chi connectivity index (χ0) is 9.26. The maximum atomic E-state index is 8.69. The molecule has 0 atom stereocenters. The average Bonchev–Trinajstić information content (AvgIpc) is 2.63. The SMILES string of the molecule is N#Cc1cc(CCl)c2[nH]ccc2n1. The lowest BCUT2D eigenvalue weighted by Gasteiger charge is -1.98. The van der Waals surface area contributed by atoms with Crippen molar-refractivity contribution in [1.82, 2.24) is 9.97 Å². The Kier molecular flexibility index (Phi) is 1.91. The molecule has 0 unspecified atom stereocenters. The van der Waals surface area contributed by atoms with Crippen LogP contribution >= 0.6 is 11.6 Å². The minimum atomic E-state index is 0.383. The quantitative estimate of drug-likeness (QED) is 0.703. The molecule has 0 bridgehead atoms. The Labute approximate surface area is 80.0 Å². The van der Waals surface area contributed by atoms with E-state index in [1.807, 2.05) is 12.1 Å². The van der Waals surface area contributed by atoms with E-state index in [9.17, 15) is 0 Å². The second kappa shape index (κ2) is 3.08. The molecular weight excluding hydrogens is 186 g/mol. The third kappa shape index (κ3) is 1.25. The van der Waals surface area contributed by atoms with Crippen LogP contribution in [0.5, 0.6) is 0 Å². The van der Waals surface area contributed by atoms with Gasteiger partial charge in [-0.3, -0.25) is 0 Å². The fourth-order valence-electron chi connectivity index (χ4n) is 1.27. The lowest BCUT2D eigenvalue weighted by molar-refractivity contribution is 1.28. The number of fused-ring (bicyclic) bond motifs is 1. The number of nitrogens with one attached hydrogen (secondary N) is 1. The predicted molar refractivity (Wildman–Crippen MR) is 50.4 cm³/mol. The van der Waals surface area contributed by atoms with Gasteiger partial charge in [0.1, 0.15) is 11.8 Å². The van der Waals surface area contributed by atoms with Gasteiger partial charge in [-0.15, -0.1) is 11.6 Å². The van der Waals surface area contributed by atoms with Crippen LogP contribution in [0.25, 0.3) is 11.0 Å². The molecule has 0 saturated carbocycles. The summed E-state index contributed by atoms with van der Waals surface area (Å²) in [5, 5.41) is 8.69. The molecule has 1 N–H and O–H groups in total.